The van der Waals surface area contributed by atoms with Crippen LogP contribution in [-0.2, 0) is 0 Å². The number of aromatic nitrogens is 2. The monoisotopic (exact) mass is 328 g/mol. The average molecular weight is 328 g/mol. The molecule has 0 unspecified atom stereocenters. The van der Waals surface area contributed by atoms with Crippen molar-refractivity contribution in [2.24, 2.45) is 0 Å². The van der Waals surface area contributed by atoms with Gasteiger partial charge in [0, 0.05) is 24.8 Å². The molecule has 0 saturated carbocycles. The summed E-state index contributed by atoms with van der Waals surface area (Å²) in [7, 11) is 1.61. The Balaban J connectivity index is 2.12. The van der Waals surface area contributed by atoms with Crippen LogP contribution in [0.3, 0.4) is 0 Å². The van der Waals surface area contributed by atoms with E-state index < -0.39 is 0 Å². The molecule has 0 atom stereocenters. The summed E-state index contributed by atoms with van der Waals surface area (Å²) in [6.07, 6.45) is 3.49. The van der Waals surface area contributed by atoms with Crippen molar-refractivity contribution in [3.8, 4) is 5.75 Å². The van der Waals surface area contributed by atoms with Gasteiger partial charge in [-0.1, -0.05) is 13.8 Å². The smallest absolute Gasteiger partial charge is 0.274 e. The third-order valence-corrected chi connectivity index (χ3v) is 3.54. The standard InChI is InChI=1S/C18H24N4O2/c1-4-10-22(11-5-2)17-12-16(19-13-20-17)18(23)21-14-6-8-15(24-3)9-7-14/h6-9,12-13H,4-5,10-11H2,1-3H3,(H,21,23). The quantitative estimate of drug-likeness (QED) is 0.805. The summed E-state index contributed by atoms with van der Waals surface area (Å²) in [6, 6.07) is 8.92. The first-order valence-corrected chi connectivity index (χ1v) is 8.20. The molecule has 0 aliphatic heterocycles. The summed E-state index contributed by atoms with van der Waals surface area (Å²) >= 11 is 0. The first kappa shape index (κ1) is 17.7. The van der Waals surface area contributed by atoms with Crippen LogP contribution in [0.2, 0.25) is 0 Å². The van der Waals surface area contributed by atoms with Crippen molar-refractivity contribution in [1.29, 1.82) is 0 Å². The lowest BCUT2D eigenvalue weighted by molar-refractivity contribution is 0.102. The predicted molar refractivity (Wildman–Crippen MR) is 95.8 cm³/mol. The van der Waals surface area contributed by atoms with E-state index in [1.807, 2.05) is 0 Å². The zero-order valence-corrected chi connectivity index (χ0v) is 14.5. The van der Waals surface area contributed by atoms with E-state index in [1.165, 1.54) is 6.33 Å². The van der Waals surface area contributed by atoms with Gasteiger partial charge in [-0.05, 0) is 37.1 Å². The Labute approximate surface area is 142 Å². The minimum Gasteiger partial charge on any atom is -0.497 e. The lowest BCUT2D eigenvalue weighted by atomic mass is 10.2. The highest BCUT2D eigenvalue weighted by molar-refractivity contribution is 6.03. The van der Waals surface area contributed by atoms with E-state index >= 15 is 0 Å². The van der Waals surface area contributed by atoms with Crippen LogP contribution in [0, 0.1) is 0 Å². The molecule has 24 heavy (non-hydrogen) atoms. The molecule has 1 heterocycles. The second kappa shape index (κ2) is 8.86. The summed E-state index contributed by atoms with van der Waals surface area (Å²) in [4.78, 5) is 23.0. The number of amides is 1. The molecule has 0 aliphatic carbocycles. The fourth-order valence-electron chi connectivity index (χ4n) is 2.39. The largest absolute Gasteiger partial charge is 0.497 e. The van der Waals surface area contributed by atoms with E-state index in [9.17, 15) is 4.79 Å². The zero-order chi connectivity index (χ0) is 17.4. The SMILES string of the molecule is CCCN(CCC)c1cc(C(=O)Nc2ccc(OC)cc2)ncn1. The number of methoxy groups -OCH3 is 1. The first-order valence-electron chi connectivity index (χ1n) is 8.20. The Morgan fingerprint density at radius 2 is 1.79 bits per heavy atom. The molecule has 6 nitrogen and oxygen atoms in total. The number of anilines is 2. The Kier molecular flexibility index (Phi) is 6.54. The molecule has 1 amide bonds. The van der Waals surface area contributed by atoms with Gasteiger partial charge in [0.25, 0.3) is 5.91 Å². The van der Waals surface area contributed by atoms with Gasteiger partial charge in [0.1, 0.15) is 23.6 Å². The molecule has 0 aliphatic rings. The van der Waals surface area contributed by atoms with Crippen molar-refractivity contribution in [1.82, 2.24) is 9.97 Å². The van der Waals surface area contributed by atoms with Crippen molar-refractivity contribution < 1.29 is 9.53 Å². The number of carbonyl (C=O) groups excluding carboxylic acids is 1. The number of benzene rings is 1. The lowest BCUT2D eigenvalue weighted by Gasteiger charge is -2.22. The normalized spacial score (nSPS) is 10.3. The van der Waals surface area contributed by atoms with E-state index in [4.69, 9.17) is 4.74 Å². The highest BCUT2D eigenvalue weighted by Gasteiger charge is 2.12. The number of rotatable bonds is 8. The minimum absolute atomic E-state index is 0.253. The average Bonchev–Trinajstić information content (AvgIpc) is 2.62. The molecule has 0 fully saturated rings. The van der Waals surface area contributed by atoms with E-state index in [2.05, 4.69) is 34.0 Å². The highest BCUT2D eigenvalue weighted by Crippen LogP contribution is 2.17. The van der Waals surface area contributed by atoms with Gasteiger partial charge in [-0.2, -0.15) is 0 Å². The summed E-state index contributed by atoms with van der Waals surface area (Å²) in [5.41, 5.74) is 1.05. The van der Waals surface area contributed by atoms with Gasteiger partial charge in [-0.15, -0.1) is 0 Å². The fourth-order valence-corrected chi connectivity index (χ4v) is 2.39. The molecule has 6 heteroatoms. The van der Waals surface area contributed by atoms with Gasteiger partial charge in [0.2, 0.25) is 0 Å². The van der Waals surface area contributed by atoms with Crippen LogP contribution in [0.1, 0.15) is 37.2 Å². The number of ether oxygens (including phenoxy) is 1. The summed E-state index contributed by atoms with van der Waals surface area (Å²) in [6.45, 7) is 6.07. The molecule has 0 bridgehead atoms. The second-order valence-corrected chi connectivity index (χ2v) is 5.43. The van der Waals surface area contributed by atoms with Crippen molar-refractivity contribution in [2.45, 2.75) is 26.7 Å². The summed E-state index contributed by atoms with van der Waals surface area (Å²) in [5.74, 6) is 1.28. The molecule has 0 saturated heterocycles. The lowest BCUT2D eigenvalue weighted by Crippen LogP contribution is -2.26. The van der Waals surface area contributed by atoms with E-state index in [0.29, 0.717) is 11.4 Å². The number of carbonyl (C=O) groups is 1. The topological polar surface area (TPSA) is 67.4 Å². The minimum atomic E-state index is -0.253. The molecular weight excluding hydrogens is 304 g/mol. The van der Waals surface area contributed by atoms with Crippen molar-refractivity contribution in [2.75, 3.05) is 30.4 Å². The third kappa shape index (κ3) is 4.68. The molecule has 2 aromatic rings. The van der Waals surface area contributed by atoms with Crippen LogP contribution in [0.4, 0.5) is 11.5 Å². The van der Waals surface area contributed by atoms with Gasteiger partial charge >= 0.3 is 0 Å². The molecule has 0 radical (unpaired) electrons. The molecular formula is C18H24N4O2. The van der Waals surface area contributed by atoms with E-state index in [-0.39, 0.29) is 5.91 Å². The van der Waals surface area contributed by atoms with Crippen LogP contribution in [0.5, 0.6) is 5.75 Å². The molecule has 2 rings (SSSR count). The molecule has 1 aromatic carbocycles. The van der Waals surface area contributed by atoms with Crippen molar-refractivity contribution in [3.63, 3.8) is 0 Å². The van der Waals surface area contributed by atoms with Crippen LogP contribution < -0.4 is 15.0 Å². The maximum atomic E-state index is 12.4. The van der Waals surface area contributed by atoms with Gasteiger partial charge in [-0.25, -0.2) is 9.97 Å². The fraction of sp³-hybridized carbons (Fsp3) is 0.389. The Hall–Kier alpha value is -2.63. The van der Waals surface area contributed by atoms with Crippen LogP contribution >= 0.6 is 0 Å². The van der Waals surface area contributed by atoms with E-state index in [1.54, 1.807) is 37.4 Å². The second-order valence-electron chi connectivity index (χ2n) is 5.43. The van der Waals surface area contributed by atoms with E-state index in [0.717, 1.165) is 37.5 Å². The van der Waals surface area contributed by atoms with Gasteiger partial charge in [0.15, 0.2) is 0 Å². The van der Waals surface area contributed by atoms with Gasteiger partial charge in [0.05, 0.1) is 7.11 Å². The highest BCUT2D eigenvalue weighted by atomic mass is 16.5. The number of hydrogen-bond acceptors (Lipinski definition) is 5. The van der Waals surface area contributed by atoms with Crippen LogP contribution in [0.15, 0.2) is 36.7 Å². The zero-order valence-electron chi connectivity index (χ0n) is 14.5. The Bertz CT molecular complexity index is 652. The van der Waals surface area contributed by atoms with Gasteiger partial charge < -0.3 is 15.0 Å². The molecule has 1 aromatic heterocycles. The Morgan fingerprint density at radius 1 is 1.12 bits per heavy atom. The maximum absolute atomic E-state index is 12.4. The predicted octanol–water partition coefficient (Wildman–Crippen LogP) is 3.36. The van der Waals surface area contributed by atoms with Crippen molar-refractivity contribution in [3.05, 3.63) is 42.4 Å². The summed E-state index contributed by atoms with van der Waals surface area (Å²) in [5, 5.41) is 2.84. The number of nitrogens with zero attached hydrogens (tertiary/aromatic N) is 3. The molecule has 0 spiro atoms. The molecule has 1 N–H and O–H groups in total. The third-order valence-electron chi connectivity index (χ3n) is 3.54. The maximum Gasteiger partial charge on any atom is 0.274 e. The summed E-state index contributed by atoms with van der Waals surface area (Å²) < 4.78 is 5.11. The molecule has 128 valence electrons. The number of nitrogens with one attached hydrogen (secondary N) is 1. The Morgan fingerprint density at radius 3 is 2.38 bits per heavy atom. The van der Waals surface area contributed by atoms with Gasteiger partial charge in [-0.3, -0.25) is 4.79 Å². The van der Waals surface area contributed by atoms with Crippen molar-refractivity contribution >= 4 is 17.4 Å². The number of hydrogen-bond donors (Lipinski definition) is 1. The first-order chi connectivity index (χ1) is 11.7. The van der Waals surface area contributed by atoms with Crippen LogP contribution in [-0.4, -0.2) is 36.1 Å². The van der Waals surface area contributed by atoms with Crippen LogP contribution in [0.25, 0.3) is 0 Å².